The lowest BCUT2D eigenvalue weighted by Gasteiger charge is -2.42. The highest BCUT2D eigenvalue weighted by Gasteiger charge is 2.64. The molecule has 5 N–H and O–H groups in total. The minimum absolute atomic E-state index is 0.0243. The fraction of sp³-hybridized carbons (Fsp3) is 0.544. The molecule has 4 heterocycles. The predicted octanol–water partition coefficient (Wildman–Crippen LogP) is 5.95. The summed E-state index contributed by atoms with van der Waals surface area (Å²) >= 11 is 6.80. The number of ketones is 1. The van der Waals surface area contributed by atoms with E-state index < -0.39 is 90.5 Å². The molecule has 0 radical (unpaired) electrons. The molecule has 1 aliphatic carbocycles. The quantitative estimate of drug-likeness (QED) is 0.0249. The second kappa shape index (κ2) is 33.8. The highest BCUT2D eigenvalue weighted by atomic mass is 35.5. The maximum atomic E-state index is 14.4. The number of allylic oxidation sites excluding steroid dienone is 3. The minimum Gasteiger partial charge on any atom is -0.457 e. The minimum atomic E-state index is -1.89. The number of hydrogen-bond acceptors (Lipinski definition) is 19. The summed E-state index contributed by atoms with van der Waals surface area (Å²) in [5.41, 5.74) is 4.24. The lowest BCUT2D eigenvalue weighted by molar-refractivity contribution is -0.162. The standard InChI is InChI=1S/C68H89ClN8O17/c1-42-15-13-20-55(87-8)68(86)40-54(92-66(85)71-68)43(2)64-67(4,94-64)56(39-60(83)77(7)52-37-45(35-42)36-47(41-78)61(52)69)93-65(84)44(3)76(6)59(82)22-14-21-58(81)75(5)26-28-89-30-32-91-34-33-90-31-29-88-27-24-57(80)70-25-23-53(79)51-38-46-16-9-10-17-48(46)62-63(73-74-72-62)50-19-12-11-18-49(50)51/h9-13,15-20,36-37,43-44,51,54-56,64,78,86H,14,21-35,38-41H2,1-8H3,(H,70,80)(H,71,85)(H,72,73,74)/b20-13+,42-15-/t43-,44+,51?,54+,55-,56+,64+,67+,68+/m1/s1. The van der Waals surface area contributed by atoms with Crippen LogP contribution in [0.2, 0.25) is 5.02 Å². The Morgan fingerprint density at radius 1 is 0.872 bits per heavy atom. The molecule has 4 bridgehead atoms. The molecule has 1 unspecified atom stereocenters. The Morgan fingerprint density at radius 2 is 1.52 bits per heavy atom. The van der Waals surface area contributed by atoms with Crippen molar-refractivity contribution in [1.29, 1.82) is 0 Å². The van der Waals surface area contributed by atoms with Crippen molar-refractivity contribution < 1.29 is 81.7 Å². The van der Waals surface area contributed by atoms with Crippen LogP contribution in [0.4, 0.5) is 10.5 Å². The van der Waals surface area contributed by atoms with Crippen LogP contribution in [0.3, 0.4) is 0 Å². The number of esters is 1. The van der Waals surface area contributed by atoms with Gasteiger partial charge in [0.2, 0.25) is 23.6 Å². The van der Waals surface area contributed by atoms with Crippen LogP contribution in [0.5, 0.6) is 0 Å². The molecule has 0 spiro atoms. The molecule has 510 valence electrons. The van der Waals surface area contributed by atoms with Crippen molar-refractivity contribution in [2.45, 2.75) is 140 Å². The van der Waals surface area contributed by atoms with Crippen molar-refractivity contribution in [3.05, 3.63) is 112 Å². The number of alkyl carbamates (subject to hydrolysis) is 1. The highest BCUT2D eigenvalue weighted by Crippen LogP contribution is 2.49. The number of hydrogen-bond donors (Lipinski definition) is 5. The molecule has 5 amide bonds. The number of anilines is 1. The van der Waals surface area contributed by atoms with Crippen molar-refractivity contribution >= 4 is 58.8 Å². The third kappa shape index (κ3) is 18.5. The molecule has 3 aromatic carbocycles. The molecule has 0 saturated carbocycles. The van der Waals surface area contributed by atoms with Gasteiger partial charge in [-0.1, -0.05) is 96.9 Å². The topological polar surface area (TPSA) is 312 Å². The number of likely N-dealkylation sites (N-methyl/N-ethyl adjacent to an activating group) is 2. The van der Waals surface area contributed by atoms with E-state index in [4.69, 9.17) is 49.5 Å². The molecule has 4 aliphatic rings. The summed E-state index contributed by atoms with van der Waals surface area (Å²) in [4.78, 5) is 98.5. The molecule has 9 atom stereocenters. The number of H-pyrrole nitrogens is 1. The number of epoxide rings is 1. The zero-order valence-electron chi connectivity index (χ0n) is 54.8. The second-order valence-corrected chi connectivity index (χ2v) is 24.9. The Bertz CT molecular complexity index is 3380. The number of rotatable bonds is 28. The third-order valence-electron chi connectivity index (χ3n) is 17.9. The molecular formula is C68H89ClN8O17. The summed E-state index contributed by atoms with van der Waals surface area (Å²) in [6.07, 6.45) is 1.27. The van der Waals surface area contributed by atoms with Crippen LogP contribution in [0.1, 0.15) is 101 Å². The van der Waals surface area contributed by atoms with Crippen molar-refractivity contribution in [2.75, 3.05) is 99.1 Å². The summed E-state index contributed by atoms with van der Waals surface area (Å²) in [6.45, 7) is 9.22. The number of benzene rings is 3. The van der Waals surface area contributed by atoms with Crippen LogP contribution < -0.4 is 15.5 Å². The fourth-order valence-corrected chi connectivity index (χ4v) is 12.3. The van der Waals surface area contributed by atoms with Gasteiger partial charge >= 0.3 is 12.1 Å². The number of methoxy groups -OCH3 is 1. The monoisotopic (exact) mass is 1320 g/mol. The predicted molar refractivity (Wildman–Crippen MR) is 346 cm³/mol. The summed E-state index contributed by atoms with van der Waals surface area (Å²) in [5, 5.41) is 39.3. The van der Waals surface area contributed by atoms with Crippen molar-refractivity contribution in [2.24, 2.45) is 5.92 Å². The fourth-order valence-electron chi connectivity index (χ4n) is 12.0. The maximum Gasteiger partial charge on any atom is 0.409 e. The number of nitrogens with zero attached hydrogens (tertiary/aromatic N) is 5. The van der Waals surface area contributed by atoms with Crippen molar-refractivity contribution in [1.82, 2.24) is 35.8 Å². The number of carbonyl (C=O) groups is 7. The normalized spacial score (nSPS) is 23.8. The van der Waals surface area contributed by atoms with Gasteiger partial charge in [-0.25, -0.2) is 9.59 Å². The summed E-state index contributed by atoms with van der Waals surface area (Å²) in [6, 6.07) is 18.0. The average Bonchev–Trinajstić information content (AvgIpc) is 1.56. The van der Waals surface area contributed by atoms with E-state index in [-0.39, 0.29) is 87.5 Å². The lowest BCUT2D eigenvalue weighted by atomic mass is 9.80. The first kappa shape index (κ1) is 72.4. The molecule has 2 fully saturated rings. The molecule has 4 aromatic rings. The Kier molecular flexibility index (Phi) is 26.0. The van der Waals surface area contributed by atoms with Gasteiger partial charge in [-0.15, -0.1) is 0 Å². The van der Waals surface area contributed by atoms with Crippen LogP contribution in [0.25, 0.3) is 22.5 Å². The lowest BCUT2D eigenvalue weighted by Crippen LogP contribution is -2.63. The van der Waals surface area contributed by atoms with Gasteiger partial charge in [0, 0.05) is 96.4 Å². The first-order valence-corrected chi connectivity index (χ1v) is 32.3. The van der Waals surface area contributed by atoms with Gasteiger partial charge in [0.15, 0.2) is 5.72 Å². The van der Waals surface area contributed by atoms with E-state index in [0.717, 1.165) is 39.1 Å². The zero-order chi connectivity index (χ0) is 67.7. The number of carbonyl (C=O) groups excluding carboxylic acids is 7. The van der Waals surface area contributed by atoms with E-state index in [1.54, 1.807) is 45.2 Å². The zero-order valence-corrected chi connectivity index (χ0v) is 55.6. The molecular weight excluding hydrogens is 1240 g/mol. The number of amides is 5. The van der Waals surface area contributed by atoms with Crippen LogP contribution in [-0.2, 0) is 86.1 Å². The average molecular weight is 1330 g/mol. The number of aromatic amines is 1. The summed E-state index contributed by atoms with van der Waals surface area (Å²) in [7, 11) is 6.02. The number of halogens is 1. The summed E-state index contributed by atoms with van der Waals surface area (Å²) < 4.78 is 46.3. The van der Waals surface area contributed by atoms with Gasteiger partial charge in [-0.2, -0.15) is 15.4 Å². The van der Waals surface area contributed by atoms with E-state index in [0.29, 0.717) is 69.4 Å². The molecule has 8 rings (SSSR count). The Balaban J connectivity index is 0.696. The number of Topliss-reactive ketones (excluding diaryl/α,β-unsaturated/α-hetero) is 1. The van der Waals surface area contributed by atoms with Gasteiger partial charge < -0.3 is 68.1 Å². The Morgan fingerprint density at radius 3 is 2.22 bits per heavy atom. The van der Waals surface area contributed by atoms with E-state index in [1.165, 1.54) is 42.8 Å². The van der Waals surface area contributed by atoms with Gasteiger partial charge in [-0.05, 0) is 68.4 Å². The van der Waals surface area contributed by atoms with Gasteiger partial charge in [-0.3, -0.25) is 29.3 Å². The number of nitrogens with one attached hydrogen (secondary N) is 3. The van der Waals surface area contributed by atoms with Crippen molar-refractivity contribution in [3.8, 4) is 22.5 Å². The maximum absolute atomic E-state index is 14.4. The number of aliphatic hydroxyl groups is 2. The number of aliphatic hydroxyl groups excluding tert-OH is 1. The highest BCUT2D eigenvalue weighted by molar-refractivity contribution is 6.34. The van der Waals surface area contributed by atoms with Gasteiger partial charge in [0.05, 0.1) is 82.7 Å². The smallest absolute Gasteiger partial charge is 0.409 e. The molecule has 2 saturated heterocycles. The molecule has 3 aliphatic heterocycles. The van der Waals surface area contributed by atoms with Gasteiger partial charge in [0.25, 0.3) is 0 Å². The van der Waals surface area contributed by atoms with Crippen molar-refractivity contribution in [3.63, 3.8) is 0 Å². The van der Waals surface area contributed by atoms with E-state index >= 15 is 0 Å². The Labute approximate surface area is 553 Å². The number of aromatic nitrogens is 3. The van der Waals surface area contributed by atoms with E-state index in [9.17, 15) is 43.8 Å². The van der Waals surface area contributed by atoms with E-state index in [1.807, 2.05) is 61.5 Å². The molecule has 25 nitrogen and oxygen atoms in total. The third-order valence-corrected chi connectivity index (χ3v) is 18.3. The molecule has 94 heavy (non-hydrogen) atoms. The Hall–Kier alpha value is -7.46. The van der Waals surface area contributed by atoms with Crippen LogP contribution >= 0.6 is 11.6 Å². The first-order valence-electron chi connectivity index (χ1n) is 31.9. The van der Waals surface area contributed by atoms with Crippen LogP contribution in [0, 0.1) is 5.92 Å². The van der Waals surface area contributed by atoms with Gasteiger partial charge in [0.1, 0.15) is 47.1 Å². The summed E-state index contributed by atoms with van der Waals surface area (Å²) in [5.74, 6) is -3.17. The van der Waals surface area contributed by atoms with Crippen LogP contribution in [-0.4, -0.2) is 213 Å². The SMILES string of the molecule is CO[C@@H]1/C=C/C=C(/C)Cc2cc(CO)c(Cl)c(c2)N(C)C(=O)C[C@H](OC(=O)[C@H](C)N(C)C(=O)CCCC(=O)N(C)CCOCCOCCOCCOCCC(=O)NCCC(=O)C2Cc3ccccc3-c3n[nH]nc3-c3ccccc32)[C@]2(C)O[C@H]2[C@H](C)[C@@H]2C[C@@]1(O)NC(=O)O2. The number of fused-ring (bicyclic) bond motifs is 10. The molecule has 1 aromatic heterocycles. The first-order chi connectivity index (χ1) is 45.1. The second-order valence-electron chi connectivity index (χ2n) is 24.5. The number of ether oxygens (including phenoxy) is 8. The van der Waals surface area contributed by atoms with E-state index in [2.05, 4.69) is 26.0 Å². The largest absolute Gasteiger partial charge is 0.457 e. The van der Waals surface area contributed by atoms with Crippen LogP contribution in [0.15, 0.2) is 84.5 Å². The molecule has 26 heteroatoms.